The first-order valence-corrected chi connectivity index (χ1v) is 7.10. The average molecular weight is 300 g/mol. The first-order chi connectivity index (χ1) is 8.90. The molecule has 0 fully saturated rings. The monoisotopic (exact) mass is 299 g/mol. The Balaban J connectivity index is 0.00000200. The quantitative estimate of drug-likeness (QED) is 0.800. The van der Waals surface area contributed by atoms with E-state index in [1.54, 1.807) is 0 Å². The van der Waals surface area contributed by atoms with E-state index in [0.717, 1.165) is 19.3 Å². The summed E-state index contributed by atoms with van der Waals surface area (Å²) in [7, 11) is 0. The number of fused-ring (bicyclic) bond motifs is 1. The predicted molar refractivity (Wildman–Crippen MR) is 84.4 cm³/mol. The molecule has 20 heavy (non-hydrogen) atoms. The van der Waals surface area contributed by atoms with Crippen molar-refractivity contribution >= 4 is 12.4 Å². The summed E-state index contributed by atoms with van der Waals surface area (Å²) < 4.78 is 0. The predicted octanol–water partition coefficient (Wildman–Crippen LogP) is 2.38. The molecule has 0 saturated heterocycles. The molecule has 3 N–H and O–H groups in total. The number of rotatable bonds is 4. The molecule has 1 aromatic carbocycles. The van der Waals surface area contributed by atoms with Crippen LogP contribution < -0.4 is 5.32 Å². The molecule has 0 saturated carbocycles. The van der Waals surface area contributed by atoms with Gasteiger partial charge in [0.1, 0.15) is 0 Å². The van der Waals surface area contributed by atoms with E-state index in [2.05, 4.69) is 30.4 Å². The Labute approximate surface area is 127 Å². The summed E-state index contributed by atoms with van der Waals surface area (Å²) in [6, 6.07) is 6.83. The van der Waals surface area contributed by atoms with Crippen molar-refractivity contribution in [1.82, 2.24) is 5.32 Å². The van der Waals surface area contributed by atoms with Gasteiger partial charge in [0.25, 0.3) is 0 Å². The van der Waals surface area contributed by atoms with Gasteiger partial charge in [0.15, 0.2) is 0 Å². The van der Waals surface area contributed by atoms with Crippen LogP contribution in [-0.2, 0) is 12.8 Å². The van der Waals surface area contributed by atoms with Gasteiger partial charge in [-0.2, -0.15) is 0 Å². The number of nitrogens with one attached hydrogen (secondary N) is 1. The van der Waals surface area contributed by atoms with E-state index in [0.29, 0.717) is 0 Å². The van der Waals surface area contributed by atoms with Crippen molar-refractivity contribution in [2.24, 2.45) is 0 Å². The van der Waals surface area contributed by atoms with E-state index in [1.807, 2.05) is 13.8 Å². The number of hydrogen-bond donors (Lipinski definition) is 3. The molecule has 1 aromatic rings. The maximum atomic E-state index is 9.88. The van der Waals surface area contributed by atoms with E-state index in [1.165, 1.54) is 16.7 Å². The molecule has 0 radical (unpaired) electrons. The van der Waals surface area contributed by atoms with Crippen LogP contribution in [0.1, 0.15) is 49.9 Å². The maximum absolute atomic E-state index is 9.88. The highest BCUT2D eigenvalue weighted by molar-refractivity contribution is 5.85. The Morgan fingerprint density at radius 1 is 1.35 bits per heavy atom. The summed E-state index contributed by atoms with van der Waals surface area (Å²) in [5.41, 5.74) is 3.37. The lowest BCUT2D eigenvalue weighted by atomic mass is 9.85. The number of aliphatic hydroxyl groups excluding tert-OH is 1. The maximum Gasteiger partial charge on any atom is 0.0594 e. The normalized spacial score (nSPS) is 22.1. The lowest BCUT2D eigenvalue weighted by Crippen LogP contribution is -2.41. The van der Waals surface area contributed by atoms with Gasteiger partial charge in [-0.25, -0.2) is 0 Å². The van der Waals surface area contributed by atoms with Crippen LogP contribution >= 0.6 is 12.4 Å². The van der Waals surface area contributed by atoms with Gasteiger partial charge < -0.3 is 15.5 Å². The molecule has 0 bridgehead atoms. The van der Waals surface area contributed by atoms with Gasteiger partial charge in [0.2, 0.25) is 0 Å². The van der Waals surface area contributed by atoms with Crippen LogP contribution in [0.15, 0.2) is 18.2 Å². The lowest BCUT2D eigenvalue weighted by molar-refractivity contribution is 0.0713. The first-order valence-electron chi connectivity index (χ1n) is 7.10. The Kier molecular flexibility index (Phi) is 6.02. The second kappa shape index (κ2) is 6.90. The van der Waals surface area contributed by atoms with E-state index >= 15 is 0 Å². The minimum absolute atomic E-state index is 0. The number of benzene rings is 1. The van der Waals surface area contributed by atoms with Crippen molar-refractivity contribution in [2.45, 2.75) is 57.7 Å². The highest BCUT2D eigenvalue weighted by atomic mass is 35.5. The third-order valence-electron chi connectivity index (χ3n) is 3.94. The highest BCUT2D eigenvalue weighted by Gasteiger charge is 2.25. The van der Waals surface area contributed by atoms with E-state index < -0.39 is 5.60 Å². The summed E-state index contributed by atoms with van der Waals surface area (Å²) in [6.45, 7) is 6.01. The fourth-order valence-corrected chi connectivity index (χ4v) is 2.85. The summed E-state index contributed by atoms with van der Waals surface area (Å²) in [6.07, 6.45) is 2.52. The van der Waals surface area contributed by atoms with Crippen molar-refractivity contribution in [3.63, 3.8) is 0 Å². The second-order valence-corrected chi connectivity index (χ2v) is 6.27. The smallest absolute Gasteiger partial charge is 0.0594 e. The number of aryl methyl sites for hydroxylation is 1. The van der Waals surface area contributed by atoms with Crippen molar-refractivity contribution in [3.8, 4) is 0 Å². The van der Waals surface area contributed by atoms with Crippen molar-refractivity contribution in [1.29, 1.82) is 0 Å². The topological polar surface area (TPSA) is 52.5 Å². The van der Waals surface area contributed by atoms with Crippen LogP contribution in [0, 0.1) is 0 Å². The van der Waals surface area contributed by atoms with Crippen LogP contribution in [-0.4, -0.2) is 28.5 Å². The molecule has 1 aliphatic rings. The number of hydrogen-bond acceptors (Lipinski definition) is 3. The third kappa shape index (κ3) is 4.19. The molecule has 114 valence electrons. The Bertz CT molecular complexity index is 443. The molecule has 2 atom stereocenters. The summed E-state index contributed by atoms with van der Waals surface area (Å²) >= 11 is 0. The molecular formula is C16H26ClNO2. The largest absolute Gasteiger partial charge is 0.395 e. The Hall–Kier alpha value is -0.610. The van der Waals surface area contributed by atoms with Crippen LogP contribution in [0.2, 0.25) is 0 Å². The summed E-state index contributed by atoms with van der Waals surface area (Å²) in [5.74, 6) is 0. The zero-order valence-electron chi connectivity index (χ0n) is 12.5. The molecule has 3 nitrogen and oxygen atoms in total. The van der Waals surface area contributed by atoms with E-state index in [9.17, 15) is 10.2 Å². The van der Waals surface area contributed by atoms with Gasteiger partial charge in [0.05, 0.1) is 12.2 Å². The molecule has 0 amide bonds. The van der Waals surface area contributed by atoms with Crippen molar-refractivity contribution in [3.05, 3.63) is 34.9 Å². The minimum atomic E-state index is -0.627. The van der Waals surface area contributed by atoms with Crippen LogP contribution in [0.3, 0.4) is 0 Å². The van der Waals surface area contributed by atoms with Crippen molar-refractivity contribution < 1.29 is 10.2 Å². The molecule has 0 aromatic heterocycles. The van der Waals surface area contributed by atoms with Gasteiger partial charge in [-0.1, -0.05) is 18.2 Å². The first kappa shape index (κ1) is 17.4. The molecule has 0 aliphatic carbocycles. The zero-order chi connectivity index (χ0) is 14.0. The Morgan fingerprint density at radius 2 is 2.05 bits per heavy atom. The van der Waals surface area contributed by atoms with Gasteiger partial charge in [0, 0.05) is 12.1 Å². The van der Waals surface area contributed by atoms with Crippen molar-refractivity contribution in [2.75, 3.05) is 6.61 Å². The van der Waals surface area contributed by atoms with Gasteiger partial charge >= 0.3 is 0 Å². The lowest BCUT2D eigenvalue weighted by Gasteiger charge is -2.32. The van der Waals surface area contributed by atoms with E-state index in [-0.39, 0.29) is 31.1 Å². The Morgan fingerprint density at radius 3 is 2.65 bits per heavy atom. The van der Waals surface area contributed by atoms with Crippen LogP contribution in [0.5, 0.6) is 0 Å². The SMILES string of the molecule is C[C@@H]1N[C@@H](CO)Cc2c(CCC(C)(C)O)cccc21.Cl. The average Bonchev–Trinajstić information content (AvgIpc) is 2.35. The molecule has 4 heteroatoms. The zero-order valence-corrected chi connectivity index (χ0v) is 13.3. The van der Waals surface area contributed by atoms with Gasteiger partial charge in [-0.05, 0) is 56.7 Å². The number of aliphatic hydroxyl groups is 2. The van der Waals surface area contributed by atoms with Gasteiger partial charge in [-0.15, -0.1) is 12.4 Å². The summed E-state index contributed by atoms with van der Waals surface area (Å²) in [4.78, 5) is 0. The molecule has 2 rings (SSSR count). The molecule has 0 unspecified atom stereocenters. The van der Waals surface area contributed by atoms with E-state index in [4.69, 9.17) is 0 Å². The standard InChI is InChI=1S/C16H25NO2.ClH/c1-11-14-6-4-5-12(7-8-16(2,3)19)15(14)9-13(10-18)17-11;/h4-6,11,13,17-19H,7-10H2,1-3H3;1H/t11-,13+;/m0./s1. The highest BCUT2D eigenvalue weighted by Crippen LogP contribution is 2.29. The fourth-order valence-electron chi connectivity index (χ4n) is 2.85. The van der Waals surface area contributed by atoms with Gasteiger partial charge in [-0.3, -0.25) is 0 Å². The second-order valence-electron chi connectivity index (χ2n) is 6.27. The summed E-state index contributed by atoms with van der Waals surface area (Å²) in [5, 5.41) is 22.7. The third-order valence-corrected chi connectivity index (χ3v) is 3.94. The molecule has 1 heterocycles. The van der Waals surface area contributed by atoms with Crippen LogP contribution in [0.25, 0.3) is 0 Å². The fraction of sp³-hybridized carbons (Fsp3) is 0.625. The molecule has 0 spiro atoms. The number of halogens is 1. The van der Waals surface area contributed by atoms with Crippen LogP contribution in [0.4, 0.5) is 0 Å². The molecule has 1 aliphatic heterocycles. The minimum Gasteiger partial charge on any atom is -0.395 e. The molecular weight excluding hydrogens is 274 g/mol.